The third-order valence-corrected chi connectivity index (χ3v) is 10.2. The molecule has 11 heteroatoms. The number of hydrogen-bond acceptors (Lipinski definition) is 10. The highest BCUT2D eigenvalue weighted by atomic mass is 16.3. The molecule has 4 aliphatic rings. The van der Waals surface area contributed by atoms with Crippen LogP contribution in [0.15, 0.2) is 23.0 Å². The lowest BCUT2D eigenvalue weighted by Gasteiger charge is -2.59. The van der Waals surface area contributed by atoms with Gasteiger partial charge in [-0.2, -0.15) is 0 Å². The number of rotatable bonds is 3. The number of benzene rings is 1. The molecule has 1 aromatic carbocycles. The molecule has 0 aromatic heterocycles. The summed E-state index contributed by atoms with van der Waals surface area (Å²) in [5.41, 5.74) is -1.23. The summed E-state index contributed by atoms with van der Waals surface area (Å²) in [6.45, 7) is 3.24. The summed E-state index contributed by atoms with van der Waals surface area (Å²) in [5, 5.41) is 57.7. The number of fused-ring (bicyclic) bond motifs is 3. The van der Waals surface area contributed by atoms with Gasteiger partial charge in [0.05, 0.1) is 17.2 Å². The van der Waals surface area contributed by atoms with E-state index in [4.69, 9.17) is 5.73 Å². The van der Waals surface area contributed by atoms with Crippen LogP contribution in [0.25, 0.3) is 5.76 Å². The van der Waals surface area contributed by atoms with Crippen LogP contribution in [0, 0.1) is 22.7 Å². The molecule has 0 radical (unpaired) electrons. The van der Waals surface area contributed by atoms with Crippen molar-refractivity contribution in [2.24, 2.45) is 16.6 Å². The van der Waals surface area contributed by atoms with Crippen molar-refractivity contribution >= 4 is 28.9 Å². The van der Waals surface area contributed by atoms with Crippen molar-refractivity contribution in [3.63, 3.8) is 0 Å². The average molecular weight is 608 g/mol. The zero-order valence-electron chi connectivity index (χ0n) is 26.0. The van der Waals surface area contributed by atoms with E-state index in [1.165, 1.54) is 11.8 Å². The molecule has 44 heavy (non-hydrogen) atoms. The van der Waals surface area contributed by atoms with Crippen molar-refractivity contribution < 1.29 is 39.9 Å². The van der Waals surface area contributed by atoms with Crippen molar-refractivity contribution in [1.82, 2.24) is 4.90 Å². The lowest BCUT2D eigenvalue weighted by atomic mass is 9.46. The molecule has 4 atom stereocenters. The van der Waals surface area contributed by atoms with Crippen LogP contribution in [0.4, 0.5) is 5.69 Å². The maximum absolute atomic E-state index is 14.5. The van der Waals surface area contributed by atoms with E-state index in [0.29, 0.717) is 24.1 Å². The van der Waals surface area contributed by atoms with Gasteiger partial charge in [0.15, 0.2) is 11.4 Å². The summed E-state index contributed by atoms with van der Waals surface area (Å²) in [6.07, 6.45) is 3.75. The van der Waals surface area contributed by atoms with E-state index < -0.39 is 62.6 Å². The molecule has 11 nitrogen and oxygen atoms in total. The molecule has 0 unspecified atom stereocenters. The number of likely N-dealkylation sites (N-methyl/N-ethyl adjacent to an activating group) is 1. The third-order valence-electron chi connectivity index (χ3n) is 10.2. The highest BCUT2D eigenvalue weighted by Gasteiger charge is 2.72. The lowest BCUT2D eigenvalue weighted by Crippen LogP contribution is -2.72. The Morgan fingerprint density at radius 1 is 1.02 bits per heavy atom. The second-order valence-corrected chi connectivity index (χ2v) is 13.8. The Balaban J connectivity index is 1.78. The molecule has 2 saturated carbocycles. The molecule has 0 spiro atoms. The van der Waals surface area contributed by atoms with Crippen molar-refractivity contribution in [2.45, 2.75) is 76.0 Å². The Morgan fingerprint density at radius 3 is 2.18 bits per heavy atom. The molecule has 0 saturated heterocycles. The van der Waals surface area contributed by atoms with E-state index in [0.717, 1.165) is 19.3 Å². The summed E-state index contributed by atoms with van der Waals surface area (Å²) >= 11 is 0. The quantitative estimate of drug-likeness (QED) is 0.219. The van der Waals surface area contributed by atoms with Crippen LogP contribution in [0.2, 0.25) is 0 Å². The molecule has 7 N–H and O–H groups in total. The number of nitrogens with two attached hydrogens (primary N) is 1. The van der Waals surface area contributed by atoms with Crippen LogP contribution < -0.4 is 10.6 Å². The minimum Gasteiger partial charge on any atom is -0.508 e. The van der Waals surface area contributed by atoms with E-state index >= 15 is 0 Å². The molecular formula is C33H41N3O8. The highest BCUT2D eigenvalue weighted by Crippen LogP contribution is 2.63. The van der Waals surface area contributed by atoms with E-state index in [2.05, 4.69) is 11.8 Å². The Morgan fingerprint density at radius 2 is 1.64 bits per heavy atom. The van der Waals surface area contributed by atoms with Gasteiger partial charge in [-0.25, -0.2) is 0 Å². The average Bonchev–Trinajstić information content (AvgIpc) is 2.90. The number of carbonyl (C=O) groups is 3. The number of hydrogen-bond donors (Lipinski definition) is 6. The van der Waals surface area contributed by atoms with Gasteiger partial charge in [-0.3, -0.25) is 19.3 Å². The molecule has 1 amide bonds. The lowest BCUT2D eigenvalue weighted by molar-refractivity contribution is -0.175. The third kappa shape index (κ3) is 4.19. The van der Waals surface area contributed by atoms with Gasteiger partial charge >= 0.3 is 0 Å². The Kier molecular flexibility index (Phi) is 7.24. The topological polar surface area (TPSA) is 185 Å². The van der Waals surface area contributed by atoms with Gasteiger partial charge in [0.1, 0.15) is 28.4 Å². The summed E-state index contributed by atoms with van der Waals surface area (Å²) in [5.74, 6) is 0.482. The van der Waals surface area contributed by atoms with Crippen LogP contribution in [0.3, 0.4) is 0 Å². The minimum atomic E-state index is -2.79. The monoisotopic (exact) mass is 607 g/mol. The maximum atomic E-state index is 14.5. The zero-order chi connectivity index (χ0) is 32.7. The molecule has 0 heterocycles. The number of phenolic OH excluding ortho intramolecular Hbond substituents is 1. The Bertz CT molecular complexity index is 1620. The molecule has 1 aromatic rings. The molecule has 236 valence electrons. The SMILES string of the molecule is CN(C)c1cc(C#CC2(O)CCCCC2)c(O)c2c1C[C@@]1(C)C[C@@]3(C)[C@H](N(C)C)C(=O)C(C(N)=O)=C(O)[C@@]3(O)C(=O)C1=C2O. The summed E-state index contributed by atoms with van der Waals surface area (Å²) in [4.78, 5) is 43.7. The first-order valence-corrected chi connectivity index (χ1v) is 14.8. The van der Waals surface area contributed by atoms with Crippen molar-refractivity contribution in [1.29, 1.82) is 0 Å². The smallest absolute Gasteiger partial charge is 0.255 e. The van der Waals surface area contributed by atoms with Crippen LogP contribution >= 0.6 is 0 Å². The normalized spacial score (nSPS) is 31.2. The summed E-state index contributed by atoms with van der Waals surface area (Å²) in [6, 6.07) is 0.458. The first kappa shape index (κ1) is 31.6. The second kappa shape index (κ2) is 10.1. The molecule has 0 bridgehead atoms. The number of amides is 1. The van der Waals surface area contributed by atoms with Crippen LogP contribution in [0.1, 0.15) is 69.1 Å². The van der Waals surface area contributed by atoms with Gasteiger partial charge in [0.2, 0.25) is 5.78 Å². The number of phenols is 1. The number of nitrogens with zero attached hydrogens (tertiary/aromatic N) is 2. The fraction of sp³-hybridized carbons (Fsp3) is 0.545. The van der Waals surface area contributed by atoms with Crippen LogP contribution in [-0.2, 0) is 20.8 Å². The number of aliphatic hydroxyl groups excluding tert-OH is 2. The number of primary amides is 1. The maximum Gasteiger partial charge on any atom is 0.255 e. The number of carbonyl (C=O) groups excluding carboxylic acids is 3. The van der Waals surface area contributed by atoms with Crippen molar-refractivity contribution in [2.75, 3.05) is 33.1 Å². The first-order chi connectivity index (χ1) is 20.3. The highest BCUT2D eigenvalue weighted by molar-refractivity contribution is 6.25. The van der Waals surface area contributed by atoms with Crippen molar-refractivity contribution in [3.8, 4) is 17.6 Å². The number of Topliss-reactive ketones (excluding diaryl/α,β-unsaturated/α-hetero) is 2. The number of ketones is 2. The van der Waals surface area contributed by atoms with Crippen molar-refractivity contribution in [3.05, 3.63) is 39.7 Å². The number of anilines is 1. The summed E-state index contributed by atoms with van der Waals surface area (Å²) < 4.78 is 0. The van der Waals surface area contributed by atoms with Gasteiger partial charge in [0, 0.05) is 36.2 Å². The van der Waals surface area contributed by atoms with Gasteiger partial charge < -0.3 is 36.2 Å². The van der Waals surface area contributed by atoms with Crippen LogP contribution in [-0.4, -0.2) is 93.3 Å². The van der Waals surface area contributed by atoms with E-state index in [1.807, 2.05) is 0 Å². The Labute approximate surface area is 256 Å². The number of aliphatic hydroxyl groups is 4. The van der Waals surface area contributed by atoms with E-state index in [-0.39, 0.29) is 35.3 Å². The predicted octanol–water partition coefficient (Wildman–Crippen LogP) is 1.86. The fourth-order valence-corrected chi connectivity index (χ4v) is 8.31. The predicted molar refractivity (Wildman–Crippen MR) is 163 cm³/mol. The molecule has 2 fully saturated rings. The van der Waals surface area contributed by atoms with E-state index in [1.54, 1.807) is 46.1 Å². The minimum absolute atomic E-state index is 0.0428. The second-order valence-electron chi connectivity index (χ2n) is 13.8. The molecule has 0 aliphatic heterocycles. The van der Waals surface area contributed by atoms with Gasteiger partial charge in [-0.15, -0.1) is 0 Å². The largest absolute Gasteiger partial charge is 0.508 e. The van der Waals surface area contributed by atoms with Gasteiger partial charge in [-0.1, -0.05) is 32.1 Å². The Hall–Kier alpha value is -3.85. The van der Waals surface area contributed by atoms with Gasteiger partial charge in [-0.05, 0) is 64.3 Å². The first-order valence-electron chi connectivity index (χ1n) is 14.8. The number of aromatic hydroxyl groups is 1. The summed E-state index contributed by atoms with van der Waals surface area (Å²) in [7, 11) is 6.71. The fourth-order valence-electron chi connectivity index (χ4n) is 8.31. The van der Waals surface area contributed by atoms with E-state index in [9.17, 15) is 39.9 Å². The molecule has 4 aliphatic carbocycles. The molecule has 5 rings (SSSR count). The van der Waals surface area contributed by atoms with Gasteiger partial charge in [0.25, 0.3) is 5.91 Å². The zero-order valence-corrected chi connectivity index (χ0v) is 26.0. The standard InChI is InChI=1S/C33H41N3O8/c1-30-15-18-19(35(3)4)14-17(10-13-32(43)11-8-7-9-12-32)23(37)20(18)24(38)22(30)28(41)33(44)27(40)21(29(34)42)25(39)26(36(5)6)31(33,2)16-30/h14,26,37-38,40,43-44H,7-9,11-12,15-16H2,1-6H3,(H2,34,42)/t26-,30+,31+,33-/m1/s1. The van der Waals surface area contributed by atoms with Crippen LogP contribution in [0.5, 0.6) is 5.75 Å². The molecular weight excluding hydrogens is 566 g/mol.